The fourth-order valence-corrected chi connectivity index (χ4v) is 17.3. The molecule has 150 heavy (non-hydrogen) atoms. The Balaban J connectivity index is 0.000000157. The van der Waals surface area contributed by atoms with Gasteiger partial charge in [0.15, 0.2) is 0 Å². The highest BCUT2D eigenvalue weighted by molar-refractivity contribution is 6.28. The molecule has 0 bridgehead atoms. The molecule has 0 atom stereocenters. The Morgan fingerprint density at radius 1 is 0.0800 bits per heavy atom. The van der Waals surface area contributed by atoms with E-state index >= 15 is 0 Å². The van der Waals surface area contributed by atoms with Crippen molar-refractivity contribution >= 4 is 162 Å². The molecule has 0 radical (unpaired) electrons. The van der Waals surface area contributed by atoms with Crippen LogP contribution >= 0.6 is 0 Å². The molecule has 0 spiro atoms. The lowest BCUT2D eigenvalue weighted by Gasteiger charge is -2.20. The van der Waals surface area contributed by atoms with Crippen LogP contribution in [0, 0.1) is 0 Å². The summed E-state index contributed by atoms with van der Waals surface area (Å²) < 4.78 is 875. The molecule has 0 aliphatic heterocycles. The van der Waals surface area contributed by atoms with Crippen LogP contribution in [0.2, 0.25) is 0 Å². The largest absolute Gasteiger partial charge is 0.0636 e. The third-order valence-corrected chi connectivity index (χ3v) is 23.9. The highest BCUT2D eigenvalue weighted by Crippen LogP contribution is 2.53. The number of hydrogen-bond donors (Lipinski definition) is 0. The summed E-state index contributed by atoms with van der Waals surface area (Å²) in [5.74, 6) is 0. The van der Waals surface area contributed by atoms with Crippen LogP contribution in [0.1, 0.15) is 132 Å². The fraction of sp³-hybridized carbons (Fsp3) is 0. The summed E-state index contributed by atoms with van der Waals surface area (Å²) in [6.45, 7) is 0. The van der Waals surface area contributed by atoms with E-state index in [2.05, 4.69) is 0 Å². The van der Waals surface area contributed by atoms with Gasteiger partial charge in [0.25, 0.3) is 0 Å². The highest BCUT2D eigenvalue weighted by atomic mass is 14.3. The summed E-state index contributed by atoms with van der Waals surface area (Å²) in [6, 6.07) is -98.6. The van der Waals surface area contributed by atoms with Crippen LogP contribution in [-0.4, -0.2) is 0 Å². The minimum atomic E-state index is -1.22. The van der Waals surface area contributed by atoms with Gasteiger partial charge in [-0.3, -0.25) is 0 Å². The average molecular weight is 2000 g/mol. The Labute approximate surface area is 1010 Å². The molecule has 30 aromatic rings. The molecule has 0 N–H and O–H groups in total. The molecular weight excluding hydrogens is 1800 g/mol. The first-order chi connectivity index (χ1) is 114. The maximum atomic E-state index is 10.4. The second-order valence-corrected chi connectivity index (χ2v) is 32.2. The second-order valence-electron chi connectivity index (χ2n) is 32.2. The molecule has 696 valence electrons. The lowest BCUT2D eigenvalue weighted by Crippen LogP contribution is -1.93. The van der Waals surface area contributed by atoms with Crippen molar-refractivity contribution in [2.24, 2.45) is 0 Å². The van der Waals surface area contributed by atoms with Gasteiger partial charge in [0, 0.05) is 0 Å². The van der Waals surface area contributed by atoms with E-state index in [0.29, 0.717) is 0 Å². The van der Waals surface area contributed by atoms with Crippen LogP contribution in [0.5, 0.6) is 0 Å². The van der Waals surface area contributed by atoms with Crippen molar-refractivity contribution in [3.63, 3.8) is 0 Å². The van der Waals surface area contributed by atoms with Crippen molar-refractivity contribution in [1.29, 1.82) is 0 Å². The zero-order valence-electron chi connectivity index (χ0n) is 171. The van der Waals surface area contributed by atoms with Gasteiger partial charge in [-0.2, -0.15) is 0 Å². The van der Waals surface area contributed by atoms with Crippen molar-refractivity contribution in [3.8, 4) is 134 Å². The summed E-state index contributed by atoms with van der Waals surface area (Å²) in [5.41, 5.74) is -22.4. The Kier molecular flexibility index (Phi) is 8.53. The summed E-state index contributed by atoms with van der Waals surface area (Å²) in [4.78, 5) is 0. The first-order valence-corrected chi connectivity index (χ1v) is 44.2. The zero-order valence-corrected chi connectivity index (χ0v) is 75.0. The normalized spacial score (nSPS) is 20.6. The highest BCUT2D eigenvalue weighted by Gasteiger charge is 2.26. The molecule has 0 saturated carbocycles. The van der Waals surface area contributed by atoms with E-state index in [4.69, 9.17) is 72.7 Å². The molecule has 0 aliphatic carbocycles. The van der Waals surface area contributed by atoms with Crippen molar-refractivity contribution in [2.75, 3.05) is 0 Å². The predicted octanol–water partition coefficient (Wildman–Crippen LogP) is 42.4. The second kappa shape index (κ2) is 37.6. The van der Waals surface area contributed by atoms with Gasteiger partial charge in [0.1, 0.15) is 0 Å². The molecule has 0 saturated heterocycles. The summed E-state index contributed by atoms with van der Waals surface area (Å²) in [6.07, 6.45) is 0. The summed E-state index contributed by atoms with van der Waals surface area (Å²) in [7, 11) is 0. The predicted molar refractivity (Wildman–Crippen MR) is 647 cm³/mol. The summed E-state index contributed by atoms with van der Waals surface area (Å²) >= 11 is 0. The molecular formula is C150H96. The van der Waals surface area contributed by atoms with Gasteiger partial charge in [-0.05, 0) is 362 Å². The monoisotopic (exact) mass is 1990 g/mol. The Morgan fingerprint density at radius 2 is 0.247 bits per heavy atom. The lowest BCUT2D eigenvalue weighted by atomic mass is 9.83. The van der Waals surface area contributed by atoms with Gasteiger partial charge >= 0.3 is 0 Å². The summed E-state index contributed by atoms with van der Waals surface area (Å²) in [5, 5.41) is -23.6. The van der Waals surface area contributed by atoms with Gasteiger partial charge in [-0.1, -0.05) is 514 Å². The molecule has 0 aliphatic rings. The van der Waals surface area contributed by atoms with E-state index in [1.54, 1.807) is 0 Å². The van der Waals surface area contributed by atoms with Crippen molar-refractivity contribution in [3.05, 3.63) is 580 Å². The number of fused-ring (bicyclic) bond motifs is 15. The first-order valence-electron chi connectivity index (χ1n) is 92.2. The maximum Gasteiger partial charge on any atom is 0.0636 e. The van der Waals surface area contributed by atoms with Crippen molar-refractivity contribution in [2.45, 2.75) is 0 Å². The quantitative estimate of drug-likeness (QED) is 0.107. The number of benzene rings is 30. The maximum absolute atomic E-state index is 10.4. The third kappa shape index (κ3) is 15.9. The molecule has 0 nitrogen and oxygen atoms in total. The van der Waals surface area contributed by atoms with Gasteiger partial charge in [0.2, 0.25) is 0 Å². The third-order valence-electron chi connectivity index (χ3n) is 23.9. The van der Waals surface area contributed by atoms with E-state index in [1.165, 1.54) is 0 Å². The molecule has 30 aromatic carbocycles. The van der Waals surface area contributed by atoms with E-state index in [9.17, 15) is 58.9 Å². The van der Waals surface area contributed by atoms with Gasteiger partial charge < -0.3 is 0 Å². The molecule has 0 unspecified atom stereocenters. The molecule has 0 amide bonds. The van der Waals surface area contributed by atoms with Crippen LogP contribution in [0.3, 0.4) is 0 Å². The van der Waals surface area contributed by atoms with E-state index in [1.807, 2.05) is 0 Å². The molecule has 0 aromatic heterocycles. The van der Waals surface area contributed by atoms with Crippen LogP contribution < -0.4 is 0 Å². The van der Waals surface area contributed by atoms with E-state index in [-0.39, 0.29) is 0 Å². The SMILES string of the molecule is [2H]c1c([2H])c(-c2c([2H])c([2H])c3c([2H])c([2H])c([2H])c([2H])c3c2[2H])c([2H])c(-c2c3c([2H])c([2H])c([2H])c([2H])c3c(-c3c([2H])c([2H])c([2H])c4c([2H])c([2H])c([2H])c([2H])c34)c3c([2H])c(-c4c([2H])c([2H])c5c([2H])c([2H])c([2H])c([2H])c5c4[2H])c([2H])c([2H])c23)c1[2H].[2H]c1c([2H])c(-c2c([2H])c([2H])c3c([2H])c([2H])c([2H])c([2H])c3c2[2H])c([2H])c(-c2c3c([2H])c([2H])c([2H])c([2H])c3c(-c3c([2H])c([2H])c([2H])c4c([2H])c([2H])c([2H])c([2H])c34)c3c([2H])c([2H])c(-c4c([2H])c([2H])c([2H])c5c([2H])c([2H])c([2H])c([2H])c45)c([2H])c23)c1[2H].[2H]c1c([2H])c(-c2c([2H])c([2H])c3c([2H])c([2H])c([2H])c([2H])c3c2[2H])c([2H])c(-c2c3c([2H])c([2H])c([2H])c([2H])c3c(-c3c([2H])c([2H])c([2H])c4c([2H])c([2H])c([2H])c([2H])c34)c3c([2H])c([2H])c(-c4c([2H])c([2H])c5c([2H])c([2H])c([2H])c([2H])c5c4[2H])c([2H])c23)c1[2H]. The van der Waals surface area contributed by atoms with Crippen molar-refractivity contribution in [1.82, 2.24) is 0 Å². The van der Waals surface area contributed by atoms with Crippen LogP contribution in [0.25, 0.3) is 295 Å². The fourth-order valence-electron chi connectivity index (χ4n) is 17.3. The van der Waals surface area contributed by atoms with Crippen LogP contribution in [0.4, 0.5) is 0 Å². The molecule has 0 fully saturated rings. The van der Waals surface area contributed by atoms with Gasteiger partial charge in [-0.25, -0.2) is 0 Å². The van der Waals surface area contributed by atoms with E-state index in [0.717, 1.165) is 0 Å². The van der Waals surface area contributed by atoms with E-state index < -0.39 is 875 Å². The van der Waals surface area contributed by atoms with Gasteiger partial charge in [0.05, 0.1) is 132 Å². The Hall–Kier alpha value is -19.5. The molecule has 0 heteroatoms. The van der Waals surface area contributed by atoms with Crippen molar-refractivity contribution < 1.29 is 132 Å². The van der Waals surface area contributed by atoms with Crippen LogP contribution in [0.15, 0.2) is 580 Å². The lowest BCUT2D eigenvalue weighted by molar-refractivity contribution is 1.62. The minimum absolute atomic E-state index is 0.619. The first kappa shape index (κ1) is 34.1. The van der Waals surface area contributed by atoms with Gasteiger partial charge in [-0.15, -0.1) is 0 Å². The number of rotatable bonds is 12. The van der Waals surface area contributed by atoms with Crippen LogP contribution in [-0.2, 0) is 0 Å². The Morgan fingerprint density at radius 3 is 0.547 bits per heavy atom. The molecule has 30 rings (SSSR count). The number of hydrogen-bond acceptors (Lipinski definition) is 0. The topological polar surface area (TPSA) is 0 Å². The average Bonchev–Trinajstić information content (AvgIpc) is 0.677. The Bertz CT molecular complexity index is 17100. The standard InChI is InChI=1S/3C50H32/c1-3-14-36-29-39(25-23-33(36)11-1)38-17-9-18-42(31-38)49-45-20-7-8-21-46(45)50(44-22-10-16-35-13-5-6-19-43(35)44)47-28-27-41(32-48(47)49)40-26-24-34-12-2-4-15-37(34)30-40;1-3-14-36-29-39(25-23-33(36)11-1)38-17-9-18-42(31-38)49-45-20-7-8-21-46(45)50(44-22-10-16-35-13-5-6-19-43(35)44)48-32-41(27-28-47(48)49)40-26-24-34-12-2-4-15-37(34)30-40;1-2-15-36-30-38(27-26-33(36)12-1)37-18-9-19-40(31-37)49-45-22-7-8-23-46(45)50(44-25-11-17-35-14-4-6-21-42(35)44)47-29-28-39(32-48(47)49)43-24-10-16-34-13-3-5-20-41(34)43/h3*1-32H/i3*1D,2D,3D,4D,5D,6D,7D,8D,9D,10D,11D,12D,13D,14D,15D,16D,17D,18D,19D,20D,21D,22D,23D,24D,25D,26D,27D,28D,29D,30D,31D,32D. The minimum Gasteiger partial charge on any atom is -0.0616 e. The zero-order chi connectivity index (χ0) is 183. The molecule has 0 heterocycles. The smallest absolute Gasteiger partial charge is 0.0616 e.